The van der Waals surface area contributed by atoms with E-state index in [1.807, 2.05) is 17.0 Å². The fourth-order valence-corrected chi connectivity index (χ4v) is 3.21. The van der Waals surface area contributed by atoms with Crippen molar-refractivity contribution in [2.45, 2.75) is 13.0 Å². The van der Waals surface area contributed by atoms with Gasteiger partial charge in [-0.2, -0.15) is 0 Å². The summed E-state index contributed by atoms with van der Waals surface area (Å²) in [7, 11) is 0. The molecule has 0 N–H and O–H groups in total. The van der Waals surface area contributed by atoms with Crippen molar-refractivity contribution in [2.75, 3.05) is 32.8 Å². The summed E-state index contributed by atoms with van der Waals surface area (Å²) in [4.78, 5) is 16.6. The Labute approximate surface area is 158 Å². The molecule has 0 aliphatic carbocycles. The average Bonchev–Trinajstić information content (AvgIpc) is 2.88. The number of benzene rings is 2. The zero-order chi connectivity index (χ0) is 18.4. The van der Waals surface area contributed by atoms with Crippen LogP contribution in [0.3, 0.4) is 0 Å². The molecule has 2 aromatic carbocycles. The molecule has 2 aromatic rings. The van der Waals surface area contributed by atoms with E-state index in [4.69, 9.17) is 16.3 Å². The Morgan fingerprint density at radius 2 is 1.81 bits per heavy atom. The van der Waals surface area contributed by atoms with Gasteiger partial charge in [0.05, 0.1) is 5.02 Å². The number of carbonyl (C=O) groups excluding carboxylic acids is 1. The maximum atomic E-state index is 13.0. The van der Waals surface area contributed by atoms with Gasteiger partial charge in [-0.25, -0.2) is 4.39 Å². The smallest absolute Gasteiger partial charge is 0.260 e. The molecule has 0 saturated carbocycles. The van der Waals surface area contributed by atoms with E-state index < -0.39 is 0 Å². The zero-order valence-electron chi connectivity index (χ0n) is 14.5. The Bertz CT molecular complexity index is 739. The maximum Gasteiger partial charge on any atom is 0.260 e. The number of halogens is 2. The summed E-state index contributed by atoms with van der Waals surface area (Å²) < 4.78 is 18.6. The highest BCUT2D eigenvalue weighted by atomic mass is 35.5. The van der Waals surface area contributed by atoms with Crippen molar-refractivity contribution in [3.05, 3.63) is 64.9 Å². The summed E-state index contributed by atoms with van der Waals surface area (Å²) in [6.07, 6.45) is 0.902. The standard InChI is InChI=1S/C20H22ClFN2O2/c21-18-4-1-2-5-19(18)26-15-20(25)24-11-3-10-23(12-13-24)14-16-6-8-17(22)9-7-16/h1-2,4-9H,3,10-15H2. The summed E-state index contributed by atoms with van der Waals surface area (Å²) in [6, 6.07) is 13.7. The van der Waals surface area contributed by atoms with Crippen LogP contribution in [0.5, 0.6) is 5.75 Å². The van der Waals surface area contributed by atoms with E-state index in [1.165, 1.54) is 12.1 Å². The molecular weight excluding hydrogens is 355 g/mol. The van der Waals surface area contributed by atoms with E-state index in [-0.39, 0.29) is 18.3 Å². The Morgan fingerprint density at radius 3 is 2.58 bits per heavy atom. The molecule has 138 valence electrons. The maximum absolute atomic E-state index is 13.0. The molecular formula is C20H22ClFN2O2. The highest BCUT2D eigenvalue weighted by molar-refractivity contribution is 6.32. The molecule has 0 bridgehead atoms. The molecule has 0 spiro atoms. The Hall–Kier alpha value is -2.11. The second-order valence-corrected chi connectivity index (χ2v) is 6.76. The lowest BCUT2D eigenvalue weighted by Gasteiger charge is -2.22. The molecule has 6 heteroatoms. The van der Waals surface area contributed by atoms with Crippen LogP contribution in [0.4, 0.5) is 4.39 Å². The lowest BCUT2D eigenvalue weighted by atomic mass is 10.2. The van der Waals surface area contributed by atoms with E-state index >= 15 is 0 Å². The summed E-state index contributed by atoms with van der Waals surface area (Å²) in [6.45, 7) is 3.82. The molecule has 1 aliphatic rings. The first-order valence-electron chi connectivity index (χ1n) is 8.74. The van der Waals surface area contributed by atoms with Gasteiger partial charge in [-0.15, -0.1) is 0 Å². The Balaban J connectivity index is 1.49. The minimum atomic E-state index is -0.222. The summed E-state index contributed by atoms with van der Waals surface area (Å²) in [5.74, 6) is 0.267. The van der Waals surface area contributed by atoms with Crippen molar-refractivity contribution in [3.8, 4) is 5.75 Å². The van der Waals surface area contributed by atoms with Crippen LogP contribution in [0, 0.1) is 5.82 Å². The number of hydrogen-bond donors (Lipinski definition) is 0. The van der Waals surface area contributed by atoms with Crippen molar-refractivity contribution in [1.29, 1.82) is 0 Å². The van der Waals surface area contributed by atoms with Crippen molar-refractivity contribution in [3.63, 3.8) is 0 Å². The molecule has 1 aliphatic heterocycles. The van der Waals surface area contributed by atoms with E-state index in [2.05, 4.69) is 4.90 Å². The lowest BCUT2D eigenvalue weighted by Crippen LogP contribution is -2.38. The number of carbonyl (C=O) groups is 1. The van der Waals surface area contributed by atoms with Crippen LogP contribution in [-0.2, 0) is 11.3 Å². The van der Waals surface area contributed by atoms with Crippen LogP contribution >= 0.6 is 11.6 Å². The first-order chi connectivity index (χ1) is 12.6. The molecule has 3 rings (SSSR count). The van der Waals surface area contributed by atoms with Gasteiger partial charge in [0, 0.05) is 32.7 Å². The van der Waals surface area contributed by atoms with Gasteiger partial charge < -0.3 is 9.64 Å². The lowest BCUT2D eigenvalue weighted by molar-refractivity contribution is -0.133. The van der Waals surface area contributed by atoms with Crippen molar-refractivity contribution >= 4 is 17.5 Å². The third-order valence-corrected chi connectivity index (χ3v) is 4.76. The monoisotopic (exact) mass is 376 g/mol. The van der Waals surface area contributed by atoms with Gasteiger partial charge in [-0.3, -0.25) is 9.69 Å². The highest BCUT2D eigenvalue weighted by Crippen LogP contribution is 2.23. The minimum absolute atomic E-state index is 0.0122. The third kappa shape index (κ3) is 5.19. The molecule has 1 saturated heterocycles. The van der Waals surface area contributed by atoms with Gasteiger partial charge in [0.15, 0.2) is 6.61 Å². The summed E-state index contributed by atoms with van der Waals surface area (Å²) in [5.41, 5.74) is 1.08. The molecule has 4 nitrogen and oxygen atoms in total. The molecule has 1 amide bonds. The molecule has 1 fully saturated rings. The molecule has 26 heavy (non-hydrogen) atoms. The molecule has 1 heterocycles. The number of hydrogen-bond acceptors (Lipinski definition) is 3. The fraction of sp³-hybridized carbons (Fsp3) is 0.350. The number of para-hydroxylation sites is 1. The Morgan fingerprint density at radius 1 is 1.04 bits per heavy atom. The molecule has 0 radical (unpaired) electrons. The van der Waals surface area contributed by atoms with Gasteiger partial charge in [0.1, 0.15) is 11.6 Å². The molecule has 0 aromatic heterocycles. The van der Waals surface area contributed by atoms with Gasteiger partial charge in [0.2, 0.25) is 0 Å². The van der Waals surface area contributed by atoms with E-state index in [1.54, 1.807) is 24.3 Å². The summed E-state index contributed by atoms with van der Waals surface area (Å²) >= 11 is 6.05. The van der Waals surface area contributed by atoms with Gasteiger partial charge in [0.25, 0.3) is 5.91 Å². The quantitative estimate of drug-likeness (QED) is 0.799. The normalized spacial score (nSPS) is 15.5. The predicted octanol–water partition coefficient (Wildman–Crippen LogP) is 3.59. The van der Waals surface area contributed by atoms with Crippen LogP contribution in [0.25, 0.3) is 0 Å². The van der Waals surface area contributed by atoms with Crippen LogP contribution < -0.4 is 4.74 Å². The topological polar surface area (TPSA) is 32.8 Å². The number of rotatable bonds is 5. The summed E-state index contributed by atoms with van der Waals surface area (Å²) in [5, 5.41) is 0.502. The minimum Gasteiger partial charge on any atom is -0.482 e. The first-order valence-corrected chi connectivity index (χ1v) is 9.11. The van der Waals surface area contributed by atoms with Crippen LogP contribution in [0.1, 0.15) is 12.0 Å². The van der Waals surface area contributed by atoms with E-state index in [9.17, 15) is 9.18 Å². The van der Waals surface area contributed by atoms with Crippen LogP contribution in [0.2, 0.25) is 5.02 Å². The number of nitrogens with zero attached hydrogens (tertiary/aromatic N) is 2. The predicted molar refractivity (Wildman–Crippen MR) is 99.8 cm³/mol. The van der Waals surface area contributed by atoms with E-state index in [0.29, 0.717) is 23.9 Å². The van der Waals surface area contributed by atoms with Crippen LogP contribution in [-0.4, -0.2) is 48.5 Å². The zero-order valence-corrected chi connectivity index (χ0v) is 15.3. The van der Waals surface area contributed by atoms with Crippen LogP contribution in [0.15, 0.2) is 48.5 Å². The SMILES string of the molecule is O=C(COc1ccccc1Cl)N1CCCN(Cc2ccc(F)cc2)CC1. The van der Waals surface area contributed by atoms with Gasteiger partial charge in [-0.05, 0) is 36.2 Å². The van der Waals surface area contributed by atoms with E-state index in [0.717, 1.165) is 31.6 Å². The highest BCUT2D eigenvalue weighted by Gasteiger charge is 2.20. The van der Waals surface area contributed by atoms with Gasteiger partial charge >= 0.3 is 0 Å². The first kappa shape index (κ1) is 18.7. The Kier molecular flexibility index (Phi) is 6.47. The second kappa shape index (κ2) is 9.01. The average molecular weight is 377 g/mol. The largest absolute Gasteiger partial charge is 0.482 e. The third-order valence-electron chi connectivity index (χ3n) is 4.45. The second-order valence-electron chi connectivity index (χ2n) is 6.36. The number of ether oxygens (including phenoxy) is 1. The van der Waals surface area contributed by atoms with Crippen molar-refractivity contribution in [2.24, 2.45) is 0 Å². The molecule has 0 unspecified atom stereocenters. The number of amides is 1. The van der Waals surface area contributed by atoms with Crippen molar-refractivity contribution < 1.29 is 13.9 Å². The van der Waals surface area contributed by atoms with Gasteiger partial charge in [-0.1, -0.05) is 35.9 Å². The van der Waals surface area contributed by atoms with Crippen molar-refractivity contribution in [1.82, 2.24) is 9.80 Å². The fourth-order valence-electron chi connectivity index (χ4n) is 3.02. The molecule has 0 atom stereocenters.